The Kier molecular flexibility index (Phi) is 6.33. The Morgan fingerprint density at radius 3 is 2.42 bits per heavy atom. The van der Waals surface area contributed by atoms with Crippen molar-refractivity contribution in [1.82, 2.24) is 9.97 Å². The molecule has 0 atom stereocenters. The maximum atomic E-state index is 14.3. The lowest BCUT2D eigenvalue weighted by Crippen LogP contribution is -1.98. The third-order valence-corrected chi connectivity index (χ3v) is 5.20. The number of aryl methyl sites for hydroxylation is 3. The number of benzene rings is 3. The second-order valence-corrected chi connectivity index (χ2v) is 7.51. The Balaban J connectivity index is 1.44. The summed E-state index contributed by atoms with van der Waals surface area (Å²) in [6.45, 7) is 2.09. The summed E-state index contributed by atoms with van der Waals surface area (Å²) >= 11 is 0. The van der Waals surface area contributed by atoms with E-state index in [1.54, 1.807) is 24.5 Å². The predicted octanol–water partition coefficient (Wildman–Crippen LogP) is 6.05. The number of hydrogen-bond donors (Lipinski definition) is 0. The summed E-state index contributed by atoms with van der Waals surface area (Å²) in [5.74, 6) is 6.04. The van der Waals surface area contributed by atoms with Crippen molar-refractivity contribution < 1.29 is 8.78 Å². The van der Waals surface area contributed by atoms with Crippen LogP contribution in [0.3, 0.4) is 0 Å². The van der Waals surface area contributed by atoms with Crippen molar-refractivity contribution in [3.63, 3.8) is 0 Å². The molecule has 0 aliphatic carbocycles. The lowest BCUT2D eigenvalue weighted by atomic mass is 10.0. The number of hydrogen-bond acceptors (Lipinski definition) is 2. The van der Waals surface area contributed by atoms with Crippen LogP contribution in [0.15, 0.2) is 67.0 Å². The molecule has 4 rings (SSSR count). The summed E-state index contributed by atoms with van der Waals surface area (Å²) in [6.07, 6.45) is 6.62. The Morgan fingerprint density at radius 1 is 0.806 bits per heavy atom. The maximum Gasteiger partial charge on any atom is 0.205 e. The molecule has 0 saturated carbocycles. The van der Waals surface area contributed by atoms with Gasteiger partial charge in [-0.1, -0.05) is 49.6 Å². The highest BCUT2D eigenvalue weighted by Crippen LogP contribution is 2.19. The molecule has 31 heavy (non-hydrogen) atoms. The van der Waals surface area contributed by atoms with Crippen molar-refractivity contribution >= 4 is 10.8 Å². The van der Waals surface area contributed by atoms with Gasteiger partial charge >= 0.3 is 0 Å². The molecule has 3 aromatic carbocycles. The van der Waals surface area contributed by atoms with Crippen LogP contribution in [0.4, 0.5) is 8.78 Å². The SMILES string of the molecule is CCCc1ccc(CCc2cnc(C#Cc3cccc4cc(F)ccc34)nc2)c(F)c1. The number of halogens is 2. The first-order valence-corrected chi connectivity index (χ1v) is 10.4. The molecule has 0 aliphatic heterocycles. The summed E-state index contributed by atoms with van der Waals surface area (Å²) in [7, 11) is 0. The second-order valence-electron chi connectivity index (χ2n) is 7.51. The van der Waals surface area contributed by atoms with Gasteiger partial charge in [0.1, 0.15) is 11.6 Å². The van der Waals surface area contributed by atoms with Crippen LogP contribution in [0.5, 0.6) is 0 Å². The van der Waals surface area contributed by atoms with Crippen molar-refractivity contribution in [2.24, 2.45) is 0 Å². The highest BCUT2D eigenvalue weighted by Gasteiger charge is 2.05. The molecule has 0 unspecified atom stereocenters. The molecule has 0 saturated heterocycles. The first-order valence-electron chi connectivity index (χ1n) is 10.4. The third kappa shape index (κ3) is 5.13. The molecule has 4 heteroatoms. The molecule has 0 radical (unpaired) electrons. The van der Waals surface area contributed by atoms with Gasteiger partial charge in [0.05, 0.1) is 0 Å². The number of nitrogens with zero attached hydrogens (tertiary/aromatic N) is 2. The molecular weight excluding hydrogens is 390 g/mol. The van der Waals surface area contributed by atoms with Crippen molar-refractivity contribution in [3.05, 3.63) is 107 Å². The molecule has 0 bridgehead atoms. The van der Waals surface area contributed by atoms with E-state index in [0.717, 1.165) is 40.3 Å². The summed E-state index contributed by atoms with van der Waals surface area (Å²) in [5, 5.41) is 1.69. The highest BCUT2D eigenvalue weighted by molar-refractivity contribution is 5.88. The minimum atomic E-state index is -0.270. The van der Waals surface area contributed by atoms with E-state index in [-0.39, 0.29) is 11.6 Å². The Labute approximate surface area is 181 Å². The van der Waals surface area contributed by atoms with E-state index in [4.69, 9.17) is 0 Å². The molecule has 154 valence electrons. The molecule has 2 nitrogen and oxygen atoms in total. The van der Waals surface area contributed by atoms with Crippen LogP contribution in [0.1, 0.15) is 41.4 Å². The van der Waals surface area contributed by atoms with Gasteiger partial charge in [-0.05, 0) is 76.9 Å². The van der Waals surface area contributed by atoms with Gasteiger partial charge in [0.25, 0.3) is 0 Å². The third-order valence-electron chi connectivity index (χ3n) is 5.20. The molecule has 4 aromatic rings. The van der Waals surface area contributed by atoms with Crippen LogP contribution in [0.2, 0.25) is 0 Å². The fourth-order valence-electron chi connectivity index (χ4n) is 3.55. The number of rotatable bonds is 5. The Bertz CT molecular complexity index is 1270. The molecule has 1 aromatic heterocycles. The van der Waals surface area contributed by atoms with Gasteiger partial charge in [-0.2, -0.15) is 0 Å². The van der Waals surface area contributed by atoms with Crippen LogP contribution < -0.4 is 0 Å². The zero-order chi connectivity index (χ0) is 21.6. The monoisotopic (exact) mass is 412 g/mol. The van der Waals surface area contributed by atoms with E-state index in [1.807, 2.05) is 30.3 Å². The highest BCUT2D eigenvalue weighted by atomic mass is 19.1. The van der Waals surface area contributed by atoms with E-state index in [2.05, 4.69) is 28.7 Å². The quantitative estimate of drug-likeness (QED) is 0.373. The first kappa shape index (κ1) is 20.7. The second kappa shape index (κ2) is 9.49. The average Bonchev–Trinajstić information content (AvgIpc) is 2.78. The normalized spacial score (nSPS) is 10.7. The fraction of sp³-hybridized carbons (Fsp3) is 0.185. The van der Waals surface area contributed by atoms with Crippen LogP contribution in [0, 0.1) is 23.5 Å². The minimum Gasteiger partial charge on any atom is -0.229 e. The molecule has 0 spiro atoms. The van der Waals surface area contributed by atoms with Crippen LogP contribution in [-0.4, -0.2) is 9.97 Å². The van der Waals surface area contributed by atoms with Gasteiger partial charge in [-0.3, -0.25) is 0 Å². The fourth-order valence-corrected chi connectivity index (χ4v) is 3.55. The smallest absolute Gasteiger partial charge is 0.205 e. The topological polar surface area (TPSA) is 25.8 Å². The van der Waals surface area contributed by atoms with E-state index >= 15 is 0 Å². The predicted molar refractivity (Wildman–Crippen MR) is 120 cm³/mol. The molecule has 0 fully saturated rings. The van der Waals surface area contributed by atoms with Crippen LogP contribution in [-0.2, 0) is 19.3 Å². The summed E-state index contributed by atoms with van der Waals surface area (Å²) in [4.78, 5) is 8.65. The Hall–Kier alpha value is -3.58. The summed E-state index contributed by atoms with van der Waals surface area (Å²) in [5.41, 5.74) is 3.47. The van der Waals surface area contributed by atoms with Gasteiger partial charge in [0.2, 0.25) is 5.82 Å². The number of fused-ring (bicyclic) bond motifs is 1. The van der Waals surface area contributed by atoms with Crippen molar-refractivity contribution in [2.75, 3.05) is 0 Å². The van der Waals surface area contributed by atoms with Crippen molar-refractivity contribution in [2.45, 2.75) is 32.6 Å². The zero-order valence-corrected chi connectivity index (χ0v) is 17.3. The first-order chi connectivity index (χ1) is 15.1. The minimum absolute atomic E-state index is 0.149. The van der Waals surface area contributed by atoms with Gasteiger partial charge in [0.15, 0.2) is 0 Å². The van der Waals surface area contributed by atoms with Crippen LogP contribution >= 0.6 is 0 Å². The van der Waals surface area contributed by atoms with E-state index in [1.165, 1.54) is 12.1 Å². The molecule has 0 aliphatic rings. The van der Waals surface area contributed by atoms with E-state index in [9.17, 15) is 8.78 Å². The zero-order valence-electron chi connectivity index (χ0n) is 17.3. The van der Waals surface area contributed by atoms with Gasteiger partial charge in [-0.15, -0.1) is 0 Å². The lowest BCUT2D eigenvalue weighted by molar-refractivity contribution is 0.605. The van der Waals surface area contributed by atoms with Crippen molar-refractivity contribution in [1.29, 1.82) is 0 Å². The molecule has 0 amide bonds. The largest absolute Gasteiger partial charge is 0.229 e. The average molecular weight is 412 g/mol. The maximum absolute atomic E-state index is 14.3. The van der Waals surface area contributed by atoms with Gasteiger partial charge in [-0.25, -0.2) is 18.7 Å². The summed E-state index contributed by atoms with van der Waals surface area (Å²) in [6, 6.07) is 15.8. The molecular formula is C27H22F2N2. The van der Waals surface area contributed by atoms with Gasteiger partial charge in [0, 0.05) is 18.0 Å². The summed E-state index contributed by atoms with van der Waals surface area (Å²) < 4.78 is 27.7. The Morgan fingerprint density at radius 2 is 1.65 bits per heavy atom. The number of aromatic nitrogens is 2. The van der Waals surface area contributed by atoms with E-state index in [0.29, 0.717) is 24.2 Å². The van der Waals surface area contributed by atoms with Crippen molar-refractivity contribution in [3.8, 4) is 11.8 Å². The molecule has 1 heterocycles. The molecule has 0 N–H and O–H groups in total. The van der Waals surface area contributed by atoms with Gasteiger partial charge < -0.3 is 0 Å². The van der Waals surface area contributed by atoms with Crippen LogP contribution in [0.25, 0.3) is 10.8 Å². The standard InChI is InChI=1S/C27H22F2N2/c1-2-4-19-7-9-22(26(29)15-19)10-8-20-17-30-27(31-18-20)14-11-21-5-3-6-23-16-24(28)12-13-25(21)23/h3,5-7,9,12-13,15-18H,2,4,8,10H2,1H3. The van der Waals surface area contributed by atoms with E-state index < -0.39 is 0 Å². The lowest BCUT2D eigenvalue weighted by Gasteiger charge is -2.06.